The van der Waals surface area contributed by atoms with Crippen LogP contribution in [0, 0.1) is 6.92 Å². The molecule has 0 aromatic heterocycles. The Morgan fingerprint density at radius 3 is 2.45 bits per heavy atom. The molecular weight excluding hydrogens is 455 g/mol. The highest BCUT2D eigenvalue weighted by atomic mass is 35.5. The lowest BCUT2D eigenvalue weighted by Crippen LogP contribution is -2.29. The molecule has 33 heavy (non-hydrogen) atoms. The van der Waals surface area contributed by atoms with Crippen LogP contribution in [-0.2, 0) is 13.2 Å². The molecule has 0 saturated carbocycles. The van der Waals surface area contributed by atoms with Crippen molar-refractivity contribution in [2.75, 3.05) is 30.4 Å². The minimum Gasteiger partial charge on any atom is -0.493 e. The van der Waals surface area contributed by atoms with Crippen LogP contribution in [0.3, 0.4) is 0 Å². The monoisotopic (exact) mass is 484 g/mol. The van der Waals surface area contributed by atoms with E-state index in [2.05, 4.69) is 41.4 Å². The van der Waals surface area contributed by atoms with Crippen molar-refractivity contribution in [3.05, 3.63) is 81.3 Å². The lowest BCUT2D eigenvalue weighted by atomic mass is 10.1. The Hall–Kier alpha value is -2.56. The van der Waals surface area contributed by atoms with E-state index in [0.29, 0.717) is 29.7 Å². The average molecular weight is 485 g/mol. The molecule has 0 radical (unpaired) electrons. The highest BCUT2D eigenvalue weighted by Gasteiger charge is 2.15. The summed E-state index contributed by atoms with van der Waals surface area (Å²) in [5.74, 6) is 1.28. The molecule has 0 aliphatic carbocycles. The molecule has 1 N–H and O–H groups in total. The largest absolute Gasteiger partial charge is 0.493 e. The number of anilines is 2. The molecule has 4 nitrogen and oxygen atoms in total. The minimum absolute atomic E-state index is 0.452. The molecule has 4 rings (SSSR count). The fourth-order valence-corrected chi connectivity index (χ4v) is 4.67. The number of piperidine rings is 1. The highest BCUT2D eigenvalue weighted by molar-refractivity contribution is 6.33. The quantitative estimate of drug-likeness (QED) is 0.358. The van der Waals surface area contributed by atoms with Crippen LogP contribution in [0.5, 0.6) is 11.5 Å². The third-order valence-corrected chi connectivity index (χ3v) is 6.59. The second-order valence-corrected chi connectivity index (χ2v) is 9.25. The number of methoxy groups -OCH3 is 1. The molecule has 174 valence electrons. The Balaban J connectivity index is 1.42. The second-order valence-electron chi connectivity index (χ2n) is 8.44. The van der Waals surface area contributed by atoms with Crippen LogP contribution in [0.4, 0.5) is 11.4 Å². The van der Waals surface area contributed by atoms with Gasteiger partial charge in [0.2, 0.25) is 0 Å². The maximum atomic E-state index is 6.59. The summed E-state index contributed by atoms with van der Waals surface area (Å²) in [4.78, 5) is 2.37. The van der Waals surface area contributed by atoms with Gasteiger partial charge in [0.25, 0.3) is 0 Å². The predicted molar refractivity (Wildman–Crippen MR) is 138 cm³/mol. The van der Waals surface area contributed by atoms with E-state index in [-0.39, 0.29) is 0 Å². The summed E-state index contributed by atoms with van der Waals surface area (Å²) < 4.78 is 11.6. The van der Waals surface area contributed by atoms with Crippen molar-refractivity contribution in [3.8, 4) is 11.5 Å². The maximum absolute atomic E-state index is 6.59. The van der Waals surface area contributed by atoms with Crippen molar-refractivity contribution in [1.82, 2.24) is 0 Å². The highest BCUT2D eigenvalue weighted by Crippen LogP contribution is 2.35. The van der Waals surface area contributed by atoms with Crippen molar-refractivity contribution >= 4 is 34.6 Å². The van der Waals surface area contributed by atoms with Crippen LogP contribution >= 0.6 is 23.2 Å². The van der Waals surface area contributed by atoms with Gasteiger partial charge in [-0.25, -0.2) is 0 Å². The lowest BCUT2D eigenvalue weighted by molar-refractivity contribution is 0.284. The first-order valence-corrected chi connectivity index (χ1v) is 12.1. The fourth-order valence-electron chi connectivity index (χ4n) is 4.15. The van der Waals surface area contributed by atoms with Crippen molar-refractivity contribution in [2.45, 2.75) is 39.3 Å². The van der Waals surface area contributed by atoms with Gasteiger partial charge in [-0.2, -0.15) is 0 Å². The number of benzene rings is 3. The first kappa shape index (κ1) is 23.6. The van der Waals surface area contributed by atoms with E-state index < -0.39 is 0 Å². The van der Waals surface area contributed by atoms with Gasteiger partial charge in [-0.15, -0.1) is 0 Å². The molecule has 0 amide bonds. The molecule has 3 aromatic carbocycles. The molecule has 6 heteroatoms. The van der Waals surface area contributed by atoms with E-state index in [1.165, 1.54) is 24.8 Å². The summed E-state index contributed by atoms with van der Waals surface area (Å²) in [5.41, 5.74) is 5.29. The first-order valence-electron chi connectivity index (χ1n) is 11.4. The Labute approximate surface area is 206 Å². The van der Waals surface area contributed by atoms with E-state index in [0.717, 1.165) is 40.6 Å². The van der Waals surface area contributed by atoms with Crippen molar-refractivity contribution in [2.24, 2.45) is 0 Å². The van der Waals surface area contributed by atoms with Gasteiger partial charge in [0.05, 0.1) is 17.8 Å². The number of hydrogen-bond acceptors (Lipinski definition) is 4. The zero-order chi connectivity index (χ0) is 23.2. The molecule has 1 aliphatic heterocycles. The number of hydrogen-bond donors (Lipinski definition) is 1. The van der Waals surface area contributed by atoms with Crippen molar-refractivity contribution < 1.29 is 9.47 Å². The summed E-state index contributed by atoms with van der Waals surface area (Å²) >= 11 is 13.2. The summed E-state index contributed by atoms with van der Waals surface area (Å²) in [6.07, 6.45) is 3.75. The number of nitrogens with zero attached hydrogens (tertiary/aromatic N) is 1. The Morgan fingerprint density at radius 1 is 0.909 bits per heavy atom. The topological polar surface area (TPSA) is 33.7 Å². The number of nitrogens with one attached hydrogen (secondary N) is 1. The van der Waals surface area contributed by atoms with E-state index in [1.807, 2.05) is 30.3 Å². The second kappa shape index (κ2) is 11.0. The molecule has 1 aliphatic rings. The maximum Gasteiger partial charge on any atom is 0.163 e. The van der Waals surface area contributed by atoms with E-state index >= 15 is 0 Å². The van der Waals surface area contributed by atoms with Gasteiger partial charge in [-0.05, 0) is 61.6 Å². The fraction of sp³-hybridized carbons (Fsp3) is 0.333. The van der Waals surface area contributed by atoms with Crippen LogP contribution in [0.25, 0.3) is 0 Å². The average Bonchev–Trinajstić information content (AvgIpc) is 2.82. The summed E-state index contributed by atoms with van der Waals surface area (Å²) in [7, 11) is 1.64. The van der Waals surface area contributed by atoms with Gasteiger partial charge >= 0.3 is 0 Å². The SMILES string of the molecule is COc1cc(CNc2ccc(N3CCCCC3)c(Cl)c2)c(Cl)cc1OCc1cccc(C)c1. The van der Waals surface area contributed by atoms with Crippen LogP contribution in [0.2, 0.25) is 10.0 Å². The minimum atomic E-state index is 0.452. The predicted octanol–water partition coefficient (Wildman–Crippen LogP) is 7.49. The van der Waals surface area contributed by atoms with Crippen LogP contribution in [0.15, 0.2) is 54.6 Å². The third kappa shape index (κ3) is 6.07. The van der Waals surface area contributed by atoms with Gasteiger partial charge in [0.15, 0.2) is 11.5 Å². The lowest BCUT2D eigenvalue weighted by Gasteiger charge is -2.29. The van der Waals surface area contributed by atoms with Crippen LogP contribution < -0.4 is 19.7 Å². The van der Waals surface area contributed by atoms with Gasteiger partial charge in [-0.1, -0.05) is 53.0 Å². The molecule has 0 bridgehead atoms. The number of aryl methyl sites for hydroxylation is 1. The van der Waals surface area contributed by atoms with Crippen LogP contribution in [-0.4, -0.2) is 20.2 Å². The molecule has 0 spiro atoms. The van der Waals surface area contributed by atoms with E-state index in [4.69, 9.17) is 32.7 Å². The number of halogens is 2. The smallest absolute Gasteiger partial charge is 0.163 e. The Bertz CT molecular complexity index is 1100. The van der Waals surface area contributed by atoms with Crippen molar-refractivity contribution in [3.63, 3.8) is 0 Å². The molecule has 1 fully saturated rings. The third-order valence-electron chi connectivity index (χ3n) is 5.94. The molecule has 1 saturated heterocycles. The molecule has 1 heterocycles. The molecule has 3 aromatic rings. The Kier molecular flexibility index (Phi) is 7.89. The molecule has 0 atom stereocenters. The summed E-state index contributed by atoms with van der Waals surface area (Å²) in [6.45, 7) is 5.21. The van der Waals surface area contributed by atoms with Gasteiger partial charge in [0, 0.05) is 36.4 Å². The zero-order valence-electron chi connectivity index (χ0n) is 19.2. The van der Waals surface area contributed by atoms with Gasteiger partial charge in [0.1, 0.15) is 6.61 Å². The summed E-state index contributed by atoms with van der Waals surface area (Å²) in [5, 5.41) is 4.82. The van der Waals surface area contributed by atoms with Gasteiger partial charge in [-0.3, -0.25) is 0 Å². The Morgan fingerprint density at radius 2 is 1.73 bits per heavy atom. The standard InChI is InChI=1S/C27H30Cl2N2O2/c1-19-7-6-8-20(13-19)18-33-27-16-23(28)21(14-26(27)32-2)17-30-22-9-10-25(24(29)15-22)31-11-4-3-5-12-31/h6-10,13-16,30H,3-5,11-12,17-18H2,1-2H3. The van der Waals surface area contributed by atoms with Gasteiger partial charge < -0.3 is 19.7 Å². The number of ether oxygens (including phenoxy) is 2. The van der Waals surface area contributed by atoms with Crippen molar-refractivity contribution in [1.29, 1.82) is 0 Å². The zero-order valence-corrected chi connectivity index (χ0v) is 20.7. The summed E-state index contributed by atoms with van der Waals surface area (Å²) in [6, 6.07) is 18.1. The molecule has 0 unspecified atom stereocenters. The number of rotatable bonds is 8. The normalized spacial score (nSPS) is 13.6. The van der Waals surface area contributed by atoms with E-state index in [1.54, 1.807) is 7.11 Å². The van der Waals surface area contributed by atoms with Crippen LogP contribution in [0.1, 0.15) is 36.0 Å². The van der Waals surface area contributed by atoms with E-state index in [9.17, 15) is 0 Å². The first-order chi connectivity index (χ1) is 16.0. The molecular formula is C27H30Cl2N2O2.